The summed E-state index contributed by atoms with van der Waals surface area (Å²) in [6.07, 6.45) is 2.65. The molecule has 0 saturated carbocycles. The Hall–Kier alpha value is -2.10. The lowest BCUT2D eigenvalue weighted by Crippen LogP contribution is -2.45. The standard InChI is InChI=1S/C23H34N6O.HI/c1-17-21(18(2)29(27-17)16-20-8-6-5-7-9-20)15-26-23(25-4)28-12-10-19(11-13-28)14-22(30)24-3;/h5-9,19H,10-16H2,1-4H3,(H,24,30)(H,25,26);1H. The van der Waals surface area contributed by atoms with Crippen molar-refractivity contribution >= 4 is 35.8 Å². The normalized spacial score (nSPS) is 14.8. The zero-order chi connectivity index (χ0) is 21.5. The minimum absolute atomic E-state index is 0. The highest BCUT2D eigenvalue weighted by Crippen LogP contribution is 2.21. The molecule has 1 aliphatic heterocycles. The van der Waals surface area contributed by atoms with Crippen LogP contribution in [0.3, 0.4) is 0 Å². The van der Waals surface area contributed by atoms with Crippen LogP contribution in [-0.4, -0.2) is 53.7 Å². The van der Waals surface area contributed by atoms with Gasteiger partial charge in [0.25, 0.3) is 0 Å². The molecule has 0 atom stereocenters. The van der Waals surface area contributed by atoms with Crippen molar-refractivity contribution in [3.63, 3.8) is 0 Å². The van der Waals surface area contributed by atoms with Gasteiger partial charge < -0.3 is 15.5 Å². The summed E-state index contributed by atoms with van der Waals surface area (Å²) in [5.74, 6) is 1.51. The Morgan fingerprint density at radius 1 is 1.19 bits per heavy atom. The van der Waals surface area contributed by atoms with Gasteiger partial charge in [0.15, 0.2) is 5.96 Å². The summed E-state index contributed by atoms with van der Waals surface area (Å²) in [7, 11) is 3.53. The number of halogens is 1. The van der Waals surface area contributed by atoms with Crippen molar-refractivity contribution in [2.45, 2.75) is 46.2 Å². The quantitative estimate of drug-likeness (QED) is 0.337. The number of hydrogen-bond acceptors (Lipinski definition) is 3. The fraction of sp³-hybridized carbons (Fsp3) is 0.522. The number of carbonyl (C=O) groups is 1. The third kappa shape index (κ3) is 6.69. The van der Waals surface area contributed by atoms with Gasteiger partial charge in [0, 0.05) is 51.4 Å². The Balaban J connectivity index is 0.00000341. The number of aromatic nitrogens is 2. The molecule has 2 heterocycles. The van der Waals surface area contributed by atoms with Crippen LogP contribution in [0, 0.1) is 19.8 Å². The molecule has 2 N–H and O–H groups in total. The van der Waals surface area contributed by atoms with Crippen LogP contribution in [0.1, 0.15) is 41.8 Å². The van der Waals surface area contributed by atoms with Crippen molar-refractivity contribution in [2.24, 2.45) is 10.9 Å². The molecule has 0 radical (unpaired) electrons. The number of nitrogens with one attached hydrogen (secondary N) is 2. The number of carbonyl (C=O) groups excluding carboxylic acids is 1. The van der Waals surface area contributed by atoms with Crippen LogP contribution in [0.15, 0.2) is 35.3 Å². The van der Waals surface area contributed by atoms with Crippen LogP contribution in [0.25, 0.3) is 0 Å². The summed E-state index contributed by atoms with van der Waals surface area (Å²) in [4.78, 5) is 18.4. The van der Waals surface area contributed by atoms with Crippen LogP contribution in [0.4, 0.5) is 0 Å². The zero-order valence-electron chi connectivity index (χ0n) is 19.0. The first-order chi connectivity index (χ1) is 14.5. The SMILES string of the molecule is CN=C(NCc1c(C)nn(Cc2ccccc2)c1C)N1CCC(CC(=O)NC)CC1.I. The van der Waals surface area contributed by atoms with E-state index in [4.69, 9.17) is 5.10 Å². The molecule has 2 aromatic rings. The van der Waals surface area contributed by atoms with E-state index < -0.39 is 0 Å². The molecular formula is C23H35IN6O. The molecular weight excluding hydrogens is 503 g/mol. The molecule has 8 heteroatoms. The number of amides is 1. The van der Waals surface area contributed by atoms with Gasteiger partial charge in [-0.15, -0.1) is 24.0 Å². The predicted octanol–water partition coefficient (Wildman–Crippen LogP) is 3.09. The average Bonchev–Trinajstić information content (AvgIpc) is 3.03. The van der Waals surface area contributed by atoms with Gasteiger partial charge in [-0.3, -0.25) is 14.5 Å². The van der Waals surface area contributed by atoms with Gasteiger partial charge >= 0.3 is 0 Å². The van der Waals surface area contributed by atoms with Gasteiger partial charge in [-0.2, -0.15) is 5.10 Å². The second kappa shape index (κ2) is 12.1. The minimum Gasteiger partial charge on any atom is -0.359 e. The minimum atomic E-state index is 0. The van der Waals surface area contributed by atoms with Crippen molar-refractivity contribution in [3.8, 4) is 0 Å². The average molecular weight is 538 g/mol. The molecule has 0 bridgehead atoms. The summed E-state index contributed by atoms with van der Waals surface area (Å²) in [5.41, 5.74) is 4.71. The van der Waals surface area contributed by atoms with Crippen LogP contribution in [0.2, 0.25) is 0 Å². The van der Waals surface area contributed by atoms with Gasteiger partial charge in [-0.25, -0.2) is 0 Å². The molecule has 1 aliphatic rings. The van der Waals surface area contributed by atoms with E-state index in [-0.39, 0.29) is 29.9 Å². The molecule has 31 heavy (non-hydrogen) atoms. The first-order valence-electron chi connectivity index (χ1n) is 10.7. The monoisotopic (exact) mass is 538 g/mol. The molecule has 170 valence electrons. The fourth-order valence-corrected chi connectivity index (χ4v) is 4.11. The summed E-state index contributed by atoms with van der Waals surface area (Å²) in [5, 5.41) is 11.0. The van der Waals surface area contributed by atoms with Crippen molar-refractivity contribution in [1.82, 2.24) is 25.3 Å². The molecule has 1 fully saturated rings. The van der Waals surface area contributed by atoms with E-state index in [2.05, 4.69) is 63.3 Å². The van der Waals surface area contributed by atoms with E-state index in [9.17, 15) is 4.79 Å². The second-order valence-electron chi connectivity index (χ2n) is 8.00. The van der Waals surface area contributed by atoms with Crippen LogP contribution >= 0.6 is 24.0 Å². The number of rotatable bonds is 6. The highest BCUT2D eigenvalue weighted by molar-refractivity contribution is 14.0. The zero-order valence-corrected chi connectivity index (χ0v) is 21.3. The molecule has 1 aromatic heterocycles. The summed E-state index contributed by atoms with van der Waals surface area (Å²) in [6, 6.07) is 10.4. The first-order valence-corrected chi connectivity index (χ1v) is 10.7. The maximum absolute atomic E-state index is 11.6. The Bertz CT molecular complexity index is 872. The number of nitrogens with zero attached hydrogens (tertiary/aromatic N) is 4. The lowest BCUT2D eigenvalue weighted by Gasteiger charge is -2.34. The summed E-state index contributed by atoms with van der Waals surface area (Å²) in [6.45, 7) is 7.53. The Kier molecular flexibility index (Phi) is 9.80. The summed E-state index contributed by atoms with van der Waals surface area (Å²) >= 11 is 0. The number of likely N-dealkylation sites (tertiary alicyclic amines) is 1. The van der Waals surface area contributed by atoms with Crippen molar-refractivity contribution < 1.29 is 4.79 Å². The number of guanidine groups is 1. The van der Waals surface area contributed by atoms with Gasteiger partial charge in [0.1, 0.15) is 0 Å². The number of benzene rings is 1. The molecule has 0 aliphatic carbocycles. The van der Waals surface area contributed by atoms with Crippen molar-refractivity contribution in [3.05, 3.63) is 52.8 Å². The van der Waals surface area contributed by atoms with E-state index in [0.717, 1.165) is 44.1 Å². The van der Waals surface area contributed by atoms with Gasteiger partial charge in [0.05, 0.1) is 12.2 Å². The number of hydrogen-bond donors (Lipinski definition) is 2. The van der Waals surface area contributed by atoms with E-state index in [1.165, 1.54) is 16.8 Å². The maximum atomic E-state index is 11.6. The highest BCUT2D eigenvalue weighted by atomic mass is 127. The number of piperidine rings is 1. The Labute approximate surface area is 202 Å². The van der Waals surface area contributed by atoms with Crippen LogP contribution in [0.5, 0.6) is 0 Å². The van der Waals surface area contributed by atoms with Crippen molar-refractivity contribution in [1.29, 1.82) is 0 Å². The third-order valence-electron chi connectivity index (χ3n) is 6.01. The lowest BCUT2D eigenvalue weighted by atomic mass is 9.93. The first kappa shape index (κ1) is 25.2. The molecule has 7 nitrogen and oxygen atoms in total. The van der Waals surface area contributed by atoms with Crippen LogP contribution < -0.4 is 10.6 Å². The number of aliphatic imine (C=N–C) groups is 1. The maximum Gasteiger partial charge on any atom is 0.220 e. The Morgan fingerprint density at radius 3 is 2.48 bits per heavy atom. The largest absolute Gasteiger partial charge is 0.359 e. The molecule has 0 spiro atoms. The molecule has 0 unspecified atom stereocenters. The van der Waals surface area contributed by atoms with Gasteiger partial charge in [0.2, 0.25) is 5.91 Å². The van der Waals surface area contributed by atoms with E-state index in [1.807, 2.05) is 13.1 Å². The summed E-state index contributed by atoms with van der Waals surface area (Å²) < 4.78 is 2.08. The van der Waals surface area contributed by atoms with Crippen molar-refractivity contribution in [2.75, 3.05) is 27.2 Å². The fourth-order valence-electron chi connectivity index (χ4n) is 4.11. The second-order valence-corrected chi connectivity index (χ2v) is 8.00. The van der Waals surface area contributed by atoms with Gasteiger partial charge in [-0.05, 0) is 38.2 Å². The van der Waals surface area contributed by atoms with Gasteiger partial charge in [-0.1, -0.05) is 30.3 Å². The molecule has 1 aromatic carbocycles. The Morgan fingerprint density at radius 2 is 1.87 bits per heavy atom. The predicted molar refractivity (Wildman–Crippen MR) is 136 cm³/mol. The topological polar surface area (TPSA) is 74.5 Å². The molecule has 1 saturated heterocycles. The lowest BCUT2D eigenvalue weighted by molar-refractivity contribution is -0.121. The van der Waals surface area contributed by atoms with E-state index in [1.54, 1.807) is 7.05 Å². The van der Waals surface area contributed by atoms with Crippen LogP contribution in [-0.2, 0) is 17.9 Å². The van der Waals surface area contributed by atoms with E-state index >= 15 is 0 Å². The van der Waals surface area contributed by atoms with E-state index in [0.29, 0.717) is 18.9 Å². The number of aryl methyl sites for hydroxylation is 1. The smallest absolute Gasteiger partial charge is 0.220 e. The third-order valence-corrected chi connectivity index (χ3v) is 6.01. The molecule has 3 rings (SSSR count). The highest BCUT2D eigenvalue weighted by Gasteiger charge is 2.23. The molecule has 1 amide bonds.